The van der Waals surface area contributed by atoms with E-state index in [1.54, 1.807) is 43.3 Å². The topological polar surface area (TPSA) is 111 Å². The van der Waals surface area contributed by atoms with Crippen molar-refractivity contribution in [1.29, 1.82) is 0 Å². The third kappa shape index (κ3) is 9.73. The Morgan fingerprint density at radius 1 is 0.911 bits per heavy atom. The number of esters is 2. The van der Waals surface area contributed by atoms with Crippen molar-refractivity contribution in [2.45, 2.75) is 64.5 Å². The molecule has 0 bridgehead atoms. The number of hydrogen-bond acceptors (Lipinski definition) is 8. The van der Waals surface area contributed by atoms with Gasteiger partial charge in [0, 0.05) is 41.3 Å². The number of carbonyl (C=O) groups is 3. The summed E-state index contributed by atoms with van der Waals surface area (Å²) in [7, 11) is 0. The molecule has 0 aromatic heterocycles. The van der Waals surface area contributed by atoms with Gasteiger partial charge in [-0.2, -0.15) is 0 Å². The van der Waals surface area contributed by atoms with E-state index in [2.05, 4.69) is 33.1 Å². The van der Waals surface area contributed by atoms with Crippen molar-refractivity contribution in [1.82, 2.24) is 10.2 Å². The Hall–Kier alpha value is -3.53. The SMILES string of the molecule is CCN(Cc1cc(C(=O)OCCNCCOC(=O)C(C)c2cccc(C(=O)c3ccccc3)c2)cc(Br)c1N)C1CCCCC1. The molecule has 0 heterocycles. The predicted molar refractivity (Wildman–Crippen MR) is 180 cm³/mol. The zero-order valence-corrected chi connectivity index (χ0v) is 27.8. The van der Waals surface area contributed by atoms with Crippen molar-refractivity contribution in [3.63, 3.8) is 0 Å². The van der Waals surface area contributed by atoms with Gasteiger partial charge in [0.05, 0.1) is 17.2 Å². The summed E-state index contributed by atoms with van der Waals surface area (Å²) in [5.41, 5.74) is 10.3. The number of hydrogen-bond donors (Lipinski definition) is 2. The van der Waals surface area contributed by atoms with E-state index in [1.807, 2.05) is 30.3 Å². The lowest BCUT2D eigenvalue weighted by molar-refractivity contribution is -0.144. The Bertz CT molecular complexity index is 1440. The first-order chi connectivity index (χ1) is 21.8. The molecule has 3 aromatic rings. The fraction of sp³-hybridized carbons (Fsp3) is 0.417. The van der Waals surface area contributed by atoms with Gasteiger partial charge in [0.1, 0.15) is 13.2 Å². The zero-order chi connectivity index (χ0) is 32.2. The normalized spacial score (nSPS) is 14.2. The summed E-state index contributed by atoms with van der Waals surface area (Å²) in [6.07, 6.45) is 6.22. The van der Waals surface area contributed by atoms with E-state index in [1.165, 1.54) is 32.1 Å². The Labute approximate surface area is 274 Å². The van der Waals surface area contributed by atoms with Crippen LogP contribution >= 0.6 is 15.9 Å². The third-order valence-corrected chi connectivity index (χ3v) is 9.05. The van der Waals surface area contributed by atoms with Crippen LogP contribution in [0.15, 0.2) is 71.2 Å². The maximum Gasteiger partial charge on any atom is 0.338 e. The van der Waals surface area contributed by atoms with E-state index in [0.717, 1.165) is 17.7 Å². The summed E-state index contributed by atoms with van der Waals surface area (Å²) in [6.45, 7) is 6.72. The summed E-state index contributed by atoms with van der Waals surface area (Å²) in [4.78, 5) is 40.7. The molecule has 1 unspecified atom stereocenters. The summed E-state index contributed by atoms with van der Waals surface area (Å²) < 4.78 is 11.6. The monoisotopic (exact) mass is 677 g/mol. The van der Waals surface area contributed by atoms with Gasteiger partial charge in [-0.1, -0.05) is 74.7 Å². The number of rotatable bonds is 15. The second-order valence-electron chi connectivity index (χ2n) is 11.5. The van der Waals surface area contributed by atoms with Crippen molar-refractivity contribution in [3.8, 4) is 0 Å². The minimum atomic E-state index is -0.523. The Kier molecular flexibility index (Phi) is 13.2. The van der Waals surface area contributed by atoms with Crippen molar-refractivity contribution in [3.05, 3.63) is 99.0 Å². The van der Waals surface area contributed by atoms with Crippen LogP contribution in [0, 0.1) is 0 Å². The van der Waals surface area contributed by atoms with Crippen molar-refractivity contribution in [2.75, 3.05) is 38.6 Å². The molecule has 8 nitrogen and oxygen atoms in total. The molecular weight excluding hydrogens is 634 g/mol. The Balaban J connectivity index is 1.18. The summed E-state index contributed by atoms with van der Waals surface area (Å²) in [5.74, 6) is -1.40. The highest BCUT2D eigenvalue weighted by Gasteiger charge is 2.22. The van der Waals surface area contributed by atoms with Gasteiger partial charge < -0.3 is 20.5 Å². The molecule has 4 rings (SSSR count). The lowest BCUT2D eigenvalue weighted by atomic mass is 9.93. The van der Waals surface area contributed by atoms with Gasteiger partial charge in [-0.25, -0.2) is 4.79 Å². The second-order valence-corrected chi connectivity index (χ2v) is 12.3. The smallest absolute Gasteiger partial charge is 0.338 e. The average Bonchev–Trinajstić information content (AvgIpc) is 3.08. The molecule has 1 atom stereocenters. The van der Waals surface area contributed by atoms with E-state index < -0.39 is 11.9 Å². The predicted octanol–water partition coefficient (Wildman–Crippen LogP) is 6.51. The molecule has 0 saturated heterocycles. The number of nitrogen functional groups attached to an aromatic ring is 1. The summed E-state index contributed by atoms with van der Waals surface area (Å²) in [5, 5.41) is 3.14. The second kappa shape index (κ2) is 17.2. The standard InChI is InChI=1S/C36H44BrN3O5/c1-3-40(31-15-8-5-9-16-31)24-30-22-29(23-32(37)33(30)38)36(43)45-20-18-39-17-19-44-35(42)25(2)27-13-10-14-28(21-27)34(41)26-11-6-4-7-12-26/h4,6-7,10-14,21-23,25,31,39H,3,5,8-9,15-20,24,38H2,1-2H3. The van der Waals surface area contributed by atoms with Crippen LogP contribution in [0.5, 0.6) is 0 Å². The Morgan fingerprint density at radius 2 is 1.60 bits per heavy atom. The quantitative estimate of drug-likeness (QED) is 0.0811. The fourth-order valence-corrected chi connectivity index (χ4v) is 6.20. The molecule has 3 aromatic carbocycles. The lowest BCUT2D eigenvalue weighted by Crippen LogP contribution is -2.36. The first kappa shape index (κ1) is 34.3. The minimum Gasteiger partial charge on any atom is -0.464 e. The lowest BCUT2D eigenvalue weighted by Gasteiger charge is -2.34. The van der Waals surface area contributed by atoms with Crippen LogP contribution in [0.3, 0.4) is 0 Å². The molecule has 3 N–H and O–H groups in total. The summed E-state index contributed by atoms with van der Waals surface area (Å²) in [6, 6.07) is 20.2. The molecule has 0 radical (unpaired) electrons. The highest BCUT2D eigenvalue weighted by atomic mass is 79.9. The molecule has 0 amide bonds. The van der Waals surface area contributed by atoms with E-state index in [4.69, 9.17) is 15.2 Å². The molecule has 1 aliphatic carbocycles. The molecule has 1 saturated carbocycles. The van der Waals surface area contributed by atoms with E-state index in [-0.39, 0.29) is 25.0 Å². The van der Waals surface area contributed by atoms with Gasteiger partial charge in [-0.05, 0) is 71.6 Å². The molecule has 0 spiro atoms. The summed E-state index contributed by atoms with van der Waals surface area (Å²) >= 11 is 3.52. The van der Waals surface area contributed by atoms with Crippen LogP contribution in [-0.4, -0.2) is 61.5 Å². The number of ether oxygens (including phenoxy) is 2. The fourth-order valence-electron chi connectivity index (χ4n) is 5.70. The van der Waals surface area contributed by atoms with Crippen LogP contribution in [-0.2, 0) is 20.8 Å². The molecule has 0 aliphatic heterocycles. The number of benzene rings is 3. The number of anilines is 1. The third-order valence-electron chi connectivity index (χ3n) is 8.40. The van der Waals surface area contributed by atoms with Crippen molar-refractivity contribution < 1.29 is 23.9 Å². The highest BCUT2D eigenvalue weighted by molar-refractivity contribution is 9.10. The Morgan fingerprint density at radius 3 is 2.31 bits per heavy atom. The minimum absolute atomic E-state index is 0.0924. The molecule has 9 heteroatoms. The maximum absolute atomic E-state index is 12.8. The van der Waals surface area contributed by atoms with Crippen LogP contribution in [0.2, 0.25) is 0 Å². The largest absolute Gasteiger partial charge is 0.464 e. The van der Waals surface area contributed by atoms with Gasteiger partial charge in [0.15, 0.2) is 5.78 Å². The van der Waals surface area contributed by atoms with Crippen molar-refractivity contribution in [2.24, 2.45) is 0 Å². The number of nitrogens with one attached hydrogen (secondary N) is 1. The highest BCUT2D eigenvalue weighted by Crippen LogP contribution is 2.30. The molecule has 45 heavy (non-hydrogen) atoms. The van der Waals surface area contributed by atoms with Gasteiger partial charge in [-0.15, -0.1) is 0 Å². The number of carbonyl (C=O) groups excluding carboxylic acids is 3. The van der Waals surface area contributed by atoms with Gasteiger partial charge in [0.2, 0.25) is 0 Å². The van der Waals surface area contributed by atoms with Crippen LogP contribution in [0.4, 0.5) is 5.69 Å². The number of halogens is 1. The van der Waals surface area contributed by atoms with Crippen LogP contribution < -0.4 is 11.1 Å². The van der Waals surface area contributed by atoms with E-state index in [9.17, 15) is 14.4 Å². The van der Waals surface area contributed by atoms with Crippen molar-refractivity contribution >= 4 is 39.3 Å². The molecule has 1 aliphatic rings. The number of ketones is 1. The number of nitrogens with zero attached hydrogens (tertiary/aromatic N) is 1. The molecular formula is C36H44BrN3O5. The average molecular weight is 679 g/mol. The number of nitrogens with two attached hydrogens (primary N) is 1. The van der Waals surface area contributed by atoms with Gasteiger partial charge >= 0.3 is 11.9 Å². The zero-order valence-electron chi connectivity index (χ0n) is 26.2. The van der Waals surface area contributed by atoms with E-state index in [0.29, 0.717) is 52.5 Å². The van der Waals surface area contributed by atoms with E-state index >= 15 is 0 Å². The van der Waals surface area contributed by atoms with Gasteiger partial charge in [-0.3, -0.25) is 14.5 Å². The maximum atomic E-state index is 12.8. The molecule has 1 fully saturated rings. The van der Waals surface area contributed by atoms with Gasteiger partial charge in [0.25, 0.3) is 0 Å². The molecule has 240 valence electrons. The van der Waals surface area contributed by atoms with Crippen LogP contribution in [0.25, 0.3) is 0 Å². The first-order valence-electron chi connectivity index (χ1n) is 15.8. The van der Waals surface area contributed by atoms with Crippen LogP contribution in [0.1, 0.15) is 89.3 Å². The first-order valence-corrected chi connectivity index (χ1v) is 16.6.